The molecule has 0 unspecified atom stereocenters. The van der Waals surface area contributed by atoms with Gasteiger partial charge in [0.1, 0.15) is 12.1 Å². The Bertz CT molecular complexity index is 921. The van der Waals surface area contributed by atoms with Gasteiger partial charge in [0.05, 0.1) is 19.2 Å². The van der Waals surface area contributed by atoms with E-state index in [1.54, 1.807) is 12.0 Å². The smallest absolute Gasteiger partial charge is 0.231 e. The Morgan fingerprint density at radius 1 is 1.07 bits per heavy atom. The second kappa shape index (κ2) is 7.23. The molecule has 1 aliphatic rings. The van der Waals surface area contributed by atoms with Crippen molar-refractivity contribution >= 4 is 11.9 Å². The molecule has 0 N–H and O–H groups in total. The maximum Gasteiger partial charge on any atom is 0.231 e. The van der Waals surface area contributed by atoms with E-state index in [1.807, 2.05) is 54.1 Å². The summed E-state index contributed by atoms with van der Waals surface area (Å²) in [6.45, 7) is 1.87. The zero-order chi connectivity index (χ0) is 18.8. The summed E-state index contributed by atoms with van der Waals surface area (Å²) in [6.07, 6.45) is 2.67. The van der Waals surface area contributed by atoms with Gasteiger partial charge in [-0.25, -0.2) is 4.68 Å². The number of rotatable bonds is 4. The summed E-state index contributed by atoms with van der Waals surface area (Å²) in [5.41, 5.74) is 2.22. The lowest BCUT2D eigenvalue weighted by Gasteiger charge is -2.39. The van der Waals surface area contributed by atoms with Crippen molar-refractivity contribution in [1.82, 2.24) is 14.8 Å². The minimum Gasteiger partial charge on any atom is -0.497 e. The van der Waals surface area contributed by atoms with Gasteiger partial charge in [0.2, 0.25) is 11.9 Å². The van der Waals surface area contributed by atoms with Gasteiger partial charge in [0, 0.05) is 6.42 Å². The number of nitrogens with zero attached hydrogens (tertiary/aromatic N) is 4. The van der Waals surface area contributed by atoms with Crippen LogP contribution in [0.1, 0.15) is 43.0 Å². The van der Waals surface area contributed by atoms with Crippen LogP contribution in [0.3, 0.4) is 0 Å². The third-order valence-electron chi connectivity index (χ3n) is 5.08. The lowest BCUT2D eigenvalue weighted by atomic mass is 9.91. The summed E-state index contributed by atoms with van der Waals surface area (Å²) >= 11 is 0. The zero-order valence-electron chi connectivity index (χ0n) is 15.4. The summed E-state index contributed by atoms with van der Waals surface area (Å²) in [6, 6.07) is 18.1. The molecule has 0 aliphatic carbocycles. The third kappa shape index (κ3) is 3.07. The molecule has 1 amide bonds. The molecule has 6 heteroatoms. The monoisotopic (exact) mass is 362 g/mol. The quantitative estimate of drug-likeness (QED) is 0.709. The van der Waals surface area contributed by atoms with Gasteiger partial charge in [-0.2, -0.15) is 10.1 Å². The number of hydrogen-bond donors (Lipinski definition) is 0. The predicted molar refractivity (Wildman–Crippen MR) is 103 cm³/mol. The molecule has 2 aromatic carbocycles. The zero-order valence-corrected chi connectivity index (χ0v) is 15.4. The highest BCUT2D eigenvalue weighted by Gasteiger charge is 2.38. The largest absolute Gasteiger partial charge is 0.497 e. The molecule has 6 nitrogen and oxygen atoms in total. The average molecular weight is 362 g/mol. The van der Waals surface area contributed by atoms with Crippen LogP contribution >= 0.6 is 0 Å². The normalized spacial score (nSPS) is 18.8. The molecule has 3 aromatic rings. The van der Waals surface area contributed by atoms with Gasteiger partial charge in [0.15, 0.2) is 0 Å². The van der Waals surface area contributed by atoms with Crippen LogP contribution in [0, 0.1) is 0 Å². The Labute approximate surface area is 158 Å². The molecule has 0 saturated heterocycles. The number of fused-ring (bicyclic) bond motifs is 1. The molecule has 138 valence electrons. The van der Waals surface area contributed by atoms with E-state index in [2.05, 4.69) is 22.2 Å². The fourth-order valence-corrected chi connectivity index (χ4v) is 3.71. The van der Waals surface area contributed by atoms with Gasteiger partial charge in [-0.05, 0) is 29.7 Å². The highest BCUT2D eigenvalue weighted by atomic mass is 16.5. The number of hydrogen-bond acceptors (Lipinski definition) is 4. The Morgan fingerprint density at radius 2 is 1.78 bits per heavy atom. The van der Waals surface area contributed by atoms with E-state index < -0.39 is 0 Å². The second-order valence-electron chi connectivity index (χ2n) is 6.57. The van der Waals surface area contributed by atoms with E-state index in [4.69, 9.17) is 4.74 Å². The van der Waals surface area contributed by atoms with Gasteiger partial charge >= 0.3 is 0 Å². The molecule has 0 bridgehead atoms. The fraction of sp³-hybridized carbons (Fsp3) is 0.286. The first kappa shape index (κ1) is 17.3. The van der Waals surface area contributed by atoms with Crippen molar-refractivity contribution in [2.24, 2.45) is 0 Å². The highest BCUT2D eigenvalue weighted by Crippen LogP contribution is 2.42. The molecule has 0 radical (unpaired) electrons. The molecule has 1 aliphatic heterocycles. The summed E-state index contributed by atoms with van der Waals surface area (Å²) in [4.78, 5) is 19.0. The Hall–Kier alpha value is -3.15. The van der Waals surface area contributed by atoms with Crippen LogP contribution < -0.4 is 9.64 Å². The van der Waals surface area contributed by atoms with Gasteiger partial charge in [0.25, 0.3) is 0 Å². The number of ether oxygens (including phenoxy) is 1. The molecule has 27 heavy (non-hydrogen) atoms. The van der Waals surface area contributed by atoms with E-state index >= 15 is 0 Å². The lowest BCUT2D eigenvalue weighted by molar-refractivity contribution is -0.119. The van der Waals surface area contributed by atoms with Crippen LogP contribution in [0.25, 0.3) is 0 Å². The predicted octanol–water partition coefficient (Wildman–Crippen LogP) is 3.76. The number of aromatic nitrogens is 3. The lowest BCUT2D eigenvalue weighted by Crippen LogP contribution is -2.42. The molecule has 4 rings (SSSR count). The Balaban J connectivity index is 1.81. The van der Waals surface area contributed by atoms with Gasteiger partial charge in [-0.15, -0.1) is 0 Å². The summed E-state index contributed by atoms with van der Waals surface area (Å²) < 4.78 is 7.14. The van der Waals surface area contributed by atoms with Crippen LogP contribution in [-0.4, -0.2) is 27.8 Å². The van der Waals surface area contributed by atoms with Crippen molar-refractivity contribution in [2.75, 3.05) is 12.0 Å². The maximum absolute atomic E-state index is 12.8. The maximum atomic E-state index is 12.8. The number of amides is 1. The van der Waals surface area contributed by atoms with E-state index in [1.165, 1.54) is 6.33 Å². The Kier molecular flexibility index (Phi) is 4.62. The minimum absolute atomic E-state index is 0.0247. The van der Waals surface area contributed by atoms with Crippen molar-refractivity contribution in [3.05, 3.63) is 72.1 Å². The number of benzene rings is 2. The topological polar surface area (TPSA) is 60.2 Å². The van der Waals surface area contributed by atoms with Crippen LogP contribution in [0.2, 0.25) is 0 Å². The fourth-order valence-electron chi connectivity index (χ4n) is 3.71. The number of anilines is 1. The number of carbonyl (C=O) groups excluding carboxylic acids is 1. The van der Waals surface area contributed by atoms with Gasteiger partial charge < -0.3 is 4.74 Å². The van der Waals surface area contributed by atoms with Crippen LogP contribution in [0.5, 0.6) is 5.75 Å². The summed E-state index contributed by atoms with van der Waals surface area (Å²) in [7, 11) is 1.65. The number of carbonyl (C=O) groups is 1. The molecule has 0 saturated carbocycles. The van der Waals surface area contributed by atoms with Crippen molar-refractivity contribution in [2.45, 2.75) is 31.8 Å². The molecule has 0 fully saturated rings. The standard InChI is InChI=1S/C21H22N4O2/c1-3-20(26)24-18(16-9-11-17(27-2)12-10-16)13-19(15-7-5-4-6-8-15)25-21(24)22-14-23-25/h4-12,14,18-19H,3,13H2,1-2H3/t18-,19+/m1/s1. The highest BCUT2D eigenvalue weighted by molar-refractivity contribution is 5.92. The SMILES string of the molecule is CCC(=O)N1c2ncnn2[C@H](c2ccccc2)C[C@@H]1c1ccc(OC)cc1. The van der Waals surface area contributed by atoms with Gasteiger partial charge in [-0.3, -0.25) is 9.69 Å². The number of methoxy groups -OCH3 is 1. The molecule has 1 aromatic heterocycles. The Morgan fingerprint density at radius 3 is 2.44 bits per heavy atom. The first-order chi connectivity index (χ1) is 13.2. The van der Waals surface area contributed by atoms with Crippen molar-refractivity contribution in [3.8, 4) is 5.75 Å². The van der Waals surface area contributed by atoms with Crippen molar-refractivity contribution < 1.29 is 9.53 Å². The second-order valence-corrected chi connectivity index (χ2v) is 6.57. The van der Waals surface area contributed by atoms with E-state index in [9.17, 15) is 4.79 Å². The van der Waals surface area contributed by atoms with E-state index in [0.717, 1.165) is 23.3 Å². The third-order valence-corrected chi connectivity index (χ3v) is 5.08. The molecular weight excluding hydrogens is 340 g/mol. The van der Waals surface area contributed by atoms with Crippen LogP contribution in [-0.2, 0) is 4.79 Å². The first-order valence-corrected chi connectivity index (χ1v) is 9.13. The van der Waals surface area contributed by atoms with Gasteiger partial charge in [-0.1, -0.05) is 49.4 Å². The molecule has 2 heterocycles. The molecular formula is C21H22N4O2. The summed E-state index contributed by atoms with van der Waals surface area (Å²) in [5.74, 6) is 1.44. The first-order valence-electron chi connectivity index (χ1n) is 9.13. The van der Waals surface area contributed by atoms with Crippen LogP contribution in [0.4, 0.5) is 5.95 Å². The van der Waals surface area contributed by atoms with Crippen molar-refractivity contribution in [3.63, 3.8) is 0 Å². The summed E-state index contributed by atoms with van der Waals surface area (Å²) in [5, 5.41) is 4.43. The molecule has 2 atom stereocenters. The van der Waals surface area contributed by atoms with E-state index in [-0.39, 0.29) is 18.0 Å². The van der Waals surface area contributed by atoms with Crippen LogP contribution in [0.15, 0.2) is 60.9 Å². The average Bonchev–Trinajstić information content (AvgIpc) is 3.22. The minimum atomic E-state index is -0.106. The van der Waals surface area contributed by atoms with Crippen molar-refractivity contribution in [1.29, 1.82) is 0 Å². The van der Waals surface area contributed by atoms with E-state index in [0.29, 0.717) is 12.4 Å². The molecule has 0 spiro atoms.